The van der Waals surface area contributed by atoms with Crippen molar-refractivity contribution in [2.45, 2.75) is 25.5 Å². The molecule has 5 heteroatoms. The number of amides is 1. The van der Waals surface area contributed by atoms with Crippen molar-refractivity contribution in [2.24, 2.45) is 0 Å². The van der Waals surface area contributed by atoms with E-state index in [1.807, 2.05) is 44.2 Å². The van der Waals surface area contributed by atoms with Gasteiger partial charge in [-0.1, -0.05) is 30.3 Å². The minimum absolute atomic E-state index is 0.000637. The van der Waals surface area contributed by atoms with Crippen LogP contribution in [0.2, 0.25) is 0 Å². The van der Waals surface area contributed by atoms with Gasteiger partial charge in [0.25, 0.3) is 0 Å². The van der Waals surface area contributed by atoms with Gasteiger partial charge in [0.2, 0.25) is 5.91 Å². The highest BCUT2D eigenvalue weighted by Gasteiger charge is 2.21. The lowest BCUT2D eigenvalue weighted by Gasteiger charge is -2.19. The molecule has 0 aliphatic rings. The summed E-state index contributed by atoms with van der Waals surface area (Å²) < 4.78 is 0. The van der Waals surface area contributed by atoms with E-state index < -0.39 is 11.2 Å². The molecule has 0 aliphatic heterocycles. The Labute approximate surface area is 124 Å². The number of hydrogen-bond donors (Lipinski definition) is 1. The Hall–Kier alpha value is -1.49. The molecule has 0 bridgehead atoms. The molecule has 20 heavy (non-hydrogen) atoms. The number of carboxylic acids is 1. The van der Waals surface area contributed by atoms with Crippen LogP contribution < -0.4 is 0 Å². The van der Waals surface area contributed by atoms with Crippen LogP contribution in [0.4, 0.5) is 0 Å². The van der Waals surface area contributed by atoms with Crippen LogP contribution in [0, 0.1) is 0 Å². The number of benzene rings is 1. The van der Waals surface area contributed by atoms with Gasteiger partial charge in [-0.05, 0) is 25.8 Å². The van der Waals surface area contributed by atoms with Gasteiger partial charge in [-0.3, -0.25) is 9.59 Å². The van der Waals surface area contributed by atoms with Gasteiger partial charge in [-0.2, -0.15) is 0 Å². The van der Waals surface area contributed by atoms with E-state index in [0.717, 1.165) is 5.56 Å². The summed E-state index contributed by atoms with van der Waals surface area (Å²) in [7, 11) is 0. The Bertz CT molecular complexity index is 432. The summed E-state index contributed by atoms with van der Waals surface area (Å²) in [5, 5.41) is 8.67. The average molecular weight is 295 g/mol. The van der Waals surface area contributed by atoms with E-state index in [1.165, 1.54) is 11.8 Å². The summed E-state index contributed by atoms with van der Waals surface area (Å²) in [6.07, 6.45) is 0.437. The molecule has 1 rings (SSSR count). The molecule has 0 saturated heterocycles. The molecule has 1 amide bonds. The molecule has 110 valence electrons. The predicted molar refractivity (Wildman–Crippen MR) is 82.0 cm³/mol. The number of carboxylic acid groups (broad SMARTS) is 1. The SMILES string of the molecule is CCN(CC)C(=O)CSC(Cc1ccccc1)C(=O)O. The van der Waals surface area contributed by atoms with Gasteiger partial charge in [-0.25, -0.2) is 0 Å². The van der Waals surface area contributed by atoms with Gasteiger partial charge in [0.15, 0.2) is 0 Å². The first-order chi connectivity index (χ1) is 9.58. The van der Waals surface area contributed by atoms with E-state index in [0.29, 0.717) is 19.5 Å². The Morgan fingerprint density at radius 1 is 1.20 bits per heavy atom. The zero-order chi connectivity index (χ0) is 15.0. The van der Waals surface area contributed by atoms with Crippen LogP contribution in [-0.4, -0.2) is 46.0 Å². The number of thioether (sulfide) groups is 1. The highest BCUT2D eigenvalue weighted by molar-refractivity contribution is 8.01. The second-order valence-electron chi connectivity index (χ2n) is 4.39. The quantitative estimate of drug-likeness (QED) is 0.799. The summed E-state index contributed by atoms with van der Waals surface area (Å²) >= 11 is 1.20. The number of nitrogens with zero attached hydrogens (tertiary/aromatic N) is 1. The summed E-state index contributed by atoms with van der Waals surface area (Å²) in [6.45, 7) is 5.16. The number of aliphatic carboxylic acids is 1. The maximum atomic E-state index is 11.9. The van der Waals surface area contributed by atoms with Crippen molar-refractivity contribution in [1.29, 1.82) is 0 Å². The first-order valence-corrected chi connectivity index (χ1v) is 7.79. The van der Waals surface area contributed by atoms with Crippen molar-refractivity contribution in [3.05, 3.63) is 35.9 Å². The predicted octanol–water partition coefficient (Wildman–Crippen LogP) is 2.28. The fourth-order valence-electron chi connectivity index (χ4n) is 1.89. The van der Waals surface area contributed by atoms with Crippen molar-refractivity contribution in [2.75, 3.05) is 18.8 Å². The Morgan fingerprint density at radius 2 is 1.80 bits per heavy atom. The third-order valence-electron chi connectivity index (χ3n) is 3.06. The molecule has 1 atom stereocenters. The van der Waals surface area contributed by atoms with Gasteiger partial charge in [0.1, 0.15) is 5.25 Å². The first-order valence-electron chi connectivity index (χ1n) is 6.74. The molecule has 0 aromatic heterocycles. The highest BCUT2D eigenvalue weighted by Crippen LogP contribution is 2.17. The van der Waals surface area contributed by atoms with Crippen LogP contribution >= 0.6 is 11.8 Å². The normalized spacial score (nSPS) is 11.9. The standard InChI is InChI=1S/C15H21NO3S/c1-3-16(4-2)14(17)11-20-13(15(18)19)10-12-8-6-5-7-9-12/h5-9,13H,3-4,10-11H2,1-2H3,(H,18,19). The van der Waals surface area contributed by atoms with Crippen molar-refractivity contribution in [3.8, 4) is 0 Å². The van der Waals surface area contributed by atoms with Gasteiger partial charge in [0, 0.05) is 13.1 Å². The van der Waals surface area contributed by atoms with Crippen LogP contribution in [0.25, 0.3) is 0 Å². The fourth-order valence-corrected chi connectivity index (χ4v) is 2.86. The molecule has 0 spiro atoms. The molecule has 0 fully saturated rings. The maximum absolute atomic E-state index is 11.9. The van der Waals surface area contributed by atoms with Gasteiger partial charge < -0.3 is 10.0 Å². The second kappa shape index (κ2) is 8.64. The molecule has 1 unspecified atom stereocenters. The number of carbonyl (C=O) groups excluding carboxylic acids is 1. The van der Waals surface area contributed by atoms with E-state index in [4.69, 9.17) is 0 Å². The lowest BCUT2D eigenvalue weighted by Crippen LogP contribution is -2.33. The van der Waals surface area contributed by atoms with Gasteiger partial charge in [-0.15, -0.1) is 11.8 Å². The van der Waals surface area contributed by atoms with E-state index in [9.17, 15) is 14.7 Å². The average Bonchev–Trinajstić information content (AvgIpc) is 2.45. The molecular formula is C15H21NO3S. The summed E-state index contributed by atoms with van der Waals surface area (Å²) in [4.78, 5) is 24.9. The largest absolute Gasteiger partial charge is 0.480 e. The Kier molecular flexibility index (Phi) is 7.15. The van der Waals surface area contributed by atoms with Crippen LogP contribution in [0.5, 0.6) is 0 Å². The van der Waals surface area contributed by atoms with Crippen LogP contribution in [-0.2, 0) is 16.0 Å². The van der Waals surface area contributed by atoms with Crippen LogP contribution in [0.15, 0.2) is 30.3 Å². The maximum Gasteiger partial charge on any atom is 0.316 e. The zero-order valence-electron chi connectivity index (χ0n) is 11.9. The summed E-state index contributed by atoms with van der Waals surface area (Å²) in [6, 6.07) is 9.49. The molecule has 1 aromatic rings. The Balaban J connectivity index is 2.56. The third kappa shape index (κ3) is 5.25. The van der Waals surface area contributed by atoms with Crippen molar-refractivity contribution >= 4 is 23.6 Å². The number of hydrogen-bond acceptors (Lipinski definition) is 3. The van der Waals surface area contributed by atoms with Gasteiger partial charge in [0.05, 0.1) is 5.75 Å². The molecular weight excluding hydrogens is 274 g/mol. The third-order valence-corrected chi connectivity index (χ3v) is 4.25. The highest BCUT2D eigenvalue weighted by atomic mass is 32.2. The minimum Gasteiger partial charge on any atom is -0.480 e. The second-order valence-corrected chi connectivity index (χ2v) is 5.58. The van der Waals surface area contributed by atoms with E-state index in [2.05, 4.69) is 0 Å². The molecule has 1 N–H and O–H groups in total. The van der Waals surface area contributed by atoms with E-state index in [1.54, 1.807) is 4.90 Å². The molecule has 0 heterocycles. The smallest absolute Gasteiger partial charge is 0.316 e. The number of carbonyl (C=O) groups is 2. The zero-order valence-corrected chi connectivity index (χ0v) is 12.7. The lowest BCUT2D eigenvalue weighted by molar-refractivity contribution is -0.136. The monoisotopic (exact) mass is 295 g/mol. The Morgan fingerprint density at radius 3 is 2.30 bits per heavy atom. The van der Waals surface area contributed by atoms with E-state index in [-0.39, 0.29) is 11.7 Å². The minimum atomic E-state index is -0.869. The fraction of sp³-hybridized carbons (Fsp3) is 0.467. The van der Waals surface area contributed by atoms with Crippen LogP contribution in [0.3, 0.4) is 0 Å². The first kappa shape index (κ1) is 16.6. The van der Waals surface area contributed by atoms with Crippen LogP contribution in [0.1, 0.15) is 19.4 Å². The number of rotatable bonds is 8. The summed E-state index contributed by atoms with van der Waals surface area (Å²) in [5.74, 6) is -0.656. The van der Waals surface area contributed by atoms with Crippen molar-refractivity contribution < 1.29 is 14.7 Å². The molecule has 4 nitrogen and oxygen atoms in total. The van der Waals surface area contributed by atoms with E-state index >= 15 is 0 Å². The molecule has 1 aromatic carbocycles. The molecule has 0 aliphatic carbocycles. The van der Waals surface area contributed by atoms with Crippen molar-refractivity contribution in [1.82, 2.24) is 4.90 Å². The molecule has 0 saturated carbocycles. The topological polar surface area (TPSA) is 57.6 Å². The lowest BCUT2D eigenvalue weighted by atomic mass is 10.1. The van der Waals surface area contributed by atoms with Gasteiger partial charge >= 0.3 is 5.97 Å². The van der Waals surface area contributed by atoms with Crippen molar-refractivity contribution in [3.63, 3.8) is 0 Å². The summed E-state index contributed by atoms with van der Waals surface area (Å²) in [5.41, 5.74) is 0.975. The molecule has 0 radical (unpaired) electrons.